The molecule has 0 amide bonds. The Hall–Kier alpha value is -0.426. The van der Waals surface area contributed by atoms with Gasteiger partial charge in [0.1, 0.15) is 0 Å². The van der Waals surface area contributed by atoms with Gasteiger partial charge < -0.3 is 25.3 Å². The molecule has 0 aromatic heterocycles. The van der Waals surface area contributed by atoms with Gasteiger partial charge in [-0.2, -0.15) is 0 Å². The maximum absolute atomic E-state index is 12.3. The standard InChI is InChI=1S/C14H23NO.3C3H7O.Ti/c1-10-7-11(9-15(5)6)13(16)12(8-10)14(2,3)4;3*1-3(2)4;/h7-8,16H,9H2,1-6H3;3*3H,1-2H3;/q;3*-1;+4/p-1. The molecule has 29 heavy (non-hydrogen) atoms. The molecule has 0 aliphatic carbocycles. The SMILES string of the molecule is CC(C)[O-].CC(C)[O-].CC(C)[O-].Cc1cc(CN(C)C)c([O-])c(C(C)(C)C)c1.[Ti+4]. The Morgan fingerprint density at radius 2 is 1.14 bits per heavy atom. The molecule has 0 radical (unpaired) electrons. The van der Waals surface area contributed by atoms with E-state index in [2.05, 4.69) is 20.8 Å². The Kier molecular flexibility index (Phi) is 22.8. The Morgan fingerprint density at radius 3 is 1.38 bits per heavy atom. The van der Waals surface area contributed by atoms with Crippen molar-refractivity contribution >= 4 is 0 Å². The number of aryl methyl sites for hydroxylation is 1. The fraction of sp³-hybridized carbons (Fsp3) is 0.739. The molecule has 6 heteroatoms. The summed E-state index contributed by atoms with van der Waals surface area (Å²) < 4.78 is 0. The Bertz CT molecular complexity index is 488. The van der Waals surface area contributed by atoms with E-state index in [1.807, 2.05) is 38.1 Å². The summed E-state index contributed by atoms with van der Waals surface area (Å²) in [6, 6.07) is 4.01. The van der Waals surface area contributed by atoms with E-state index in [1.54, 1.807) is 41.5 Å². The molecule has 5 nitrogen and oxygen atoms in total. The summed E-state index contributed by atoms with van der Waals surface area (Å²) in [5.74, 6) is 0.201. The van der Waals surface area contributed by atoms with Crippen LogP contribution >= 0.6 is 0 Å². The van der Waals surface area contributed by atoms with Crippen LogP contribution in [0.5, 0.6) is 5.75 Å². The summed E-state index contributed by atoms with van der Waals surface area (Å²) in [5.41, 5.74) is 2.91. The molecule has 168 valence electrons. The van der Waals surface area contributed by atoms with E-state index < -0.39 is 18.3 Å². The van der Waals surface area contributed by atoms with Crippen LogP contribution in [0.2, 0.25) is 0 Å². The van der Waals surface area contributed by atoms with Crippen LogP contribution in [-0.4, -0.2) is 37.3 Å². The summed E-state index contributed by atoms with van der Waals surface area (Å²) in [6.45, 7) is 18.7. The number of rotatable bonds is 2. The molecule has 1 rings (SSSR count). The Morgan fingerprint density at radius 1 is 0.828 bits per heavy atom. The molecule has 1 aromatic carbocycles. The first kappa shape index (κ1) is 36.0. The molecule has 0 aliphatic heterocycles. The minimum atomic E-state index is -0.417. The fourth-order valence-electron chi connectivity index (χ4n) is 1.86. The van der Waals surface area contributed by atoms with E-state index >= 15 is 0 Å². The molecule has 1 aromatic rings. The van der Waals surface area contributed by atoms with Crippen LogP contribution < -0.4 is 20.4 Å². The topological polar surface area (TPSA) is 95.5 Å². The van der Waals surface area contributed by atoms with Crippen LogP contribution in [-0.2, 0) is 33.7 Å². The van der Waals surface area contributed by atoms with Crippen molar-refractivity contribution in [3.05, 3.63) is 28.8 Å². The van der Waals surface area contributed by atoms with E-state index in [9.17, 15) is 20.4 Å². The van der Waals surface area contributed by atoms with Crippen molar-refractivity contribution in [2.75, 3.05) is 14.1 Å². The van der Waals surface area contributed by atoms with Crippen LogP contribution in [0.25, 0.3) is 0 Å². The zero-order valence-electron chi connectivity index (χ0n) is 20.7. The van der Waals surface area contributed by atoms with Crippen LogP contribution in [0.15, 0.2) is 12.1 Å². The minimum Gasteiger partial charge on any atom is -0.872 e. The summed E-state index contributed by atoms with van der Waals surface area (Å²) in [5, 5.41) is 40.9. The van der Waals surface area contributed by atoms with Gasteiger partial charge in [-0.3, -0.25) is 0 Å². The maximum atomic E-state index is 12.3. The molecule has 0 aliphatic rings. The van der Waals surface area contributed by atoms with Gasteiger partial charge in [-0.15, -0.1) is 24.1 Å². The minimum absolute atomic E-state index is 0. The van der Waals surface area contributed by atoms with E-state index in [0.29, 0.717) is 6.54 Å². The van der Waals surface area contributed by atoms with Gasteiger partial charge in [0.05, 0.1) is 0 Å². The van der Waals surface area contributed by atoms with Gasteiger partial charge in [-0.25, -0.2) is 0 Å². The molecule has 0 saturated heterocycles. The second-order valence-corrected chi connectivity index (χ2v) is 8.93. The van der Waals surface area contributed by atoms with E-state index in [-0.39, 0.29) is 32.9 Å². The largest absolute Gasteiger partial charge is 4.00 e. The molecule has 0 bridgehead atoms. The average Bonchev–Trinajstić information content (AvgIpc) is 2.38. The first-order valence-corrected chi connectivity index (χ1v) is 9.84. The van der Waals surface area contributed by atoms with Crippen LogP contribution in [0.3, 0.4) is 0 Å². The van der Waals surface area contributed by atoms with Gasteiger partial charge in [0.15, 0.2) is 0 Å². The third-order valence-corrected chi connectivity index (χ3v) is 2.60. The molecule has 0 fully saturated rings. The average molecular weight is 445 g/mol. The van der Waals surface area contributed by atoms with Gasteiger partial charge in [0.2, 0.25) is 0 Å². The predicted molar refractivity (Wildman–Crippen MR) is 112 cm³/mol. The third-order valence-electron chi connectivity index (χ3n) is 2.60. The Labute approximate surface area is 195 Å². The molecule has 0 heterocycles. The monoisotopic (exact) mass is 445 g/mol. The van der Waals surface area contributed by atoms with Crippen LogP contribution in [0.4, 0.5) is 0 Å². The van der Waals surface area contributed by atoms with E-state index in [4.69, 9.17) is 0 Å². The first-order chi connectivity index (χ1) is 12.4. The summed E-state index contributed by atoms with van der Waals surface area (Å²) in [4.78, 5) is 2.03. The van der Waals surface area contributed by atoms with Gasteiger partial charge in [-0.05, 0) is 37.6 Å². The molecular weight excluding hydrogens is 402 g/mol. The van der Waals surface area contributed by atoms with Crippen LogP contribution in [0, 0.1) is 6.92 Å². The van der Waals surface area contributed by atoms with Crippen molar-refractivity contribution in [2.45, 2.75) is 99.5 Å². The summed E-state index contributed by atoms with van der Waals surface area (Å²) in [7, 11) is 3.97. The van der Waals surface area contributed by atoms with Gasteiger partial charge in [-0.1, -0.05) is 80.0 Å². The molecule has 0 atom stereocenters. The zero-order valence-corrected chi connectivity index (χ0v) is 22.2. The van der Waals surface area contributed by atoms with Crippen molar-refractivity contribution in [3.8, 4) is 5.75 Å². The molecule has 0 spiro atoms. The van der Waals surface area contributed by atoms with Gasteiger partial charge in [0, 0.05) is 6.54 Å². The molecular formula is C23H43NO4Ti. The van der Waals surface area contributed by atoms with Crippen molar-refractivity contribution in [1.29, 1.82) is 0 Å². The van der Waals surface area contributed by atoms with E-state index in [0.717, 1.165) is 11.1 Å². The van der Waals surface area contributed by atoms with E-state index in [1.165, 1.54) is 5.56 Å². The Balaban J connectivity index is -0.000000199. The second-order valence-electron chi connectivity index (χ2n) is 8.93. The summed E-state index contributed by atoms with van der Waals surface area (Å²) >= 11 is 0. The van der Waals surface area contributed by atoms with Crippen molar-refractivity contribution in [3.63, 3.8) is 0 Å². The van der Waals surface area contributed by atoms with Crippen molar-refractivity contribution in [2.24, 2.45) is 0 Å². The zero-order chi connectivity index (χ0) is 23.2. The van der Waals surface area contributed by atoms with Crippen molar-refractivity contribution < 1.29 is 42.1 Å². The van der Waals surface area contributed by atoms with Gasteiger partial charge >= 0.3 is 21.7 Å². The predicted octanol–water partition coefficient (Wildman–Crippen LogP) is 1.69. The number of hydrogen-bond donors (Lipinski definition) is 0. The third kappa shape index (κ3) is 27.6. The molecule has 0 unspecified atom stereocenters. The second kappa shape index (κ2) is 18.4. The quantitative estimate of drug-likeness (QED) is 0.646. The van der Waals surface area contributed by atoms with Crippen LogP contribution in [0.1, 0.15) is 79.0 Å². The number of benzene rings is 1. The van der Waals surface area contributed by atoms with Gasteiger partial charge in [0.25, 0.3) is 0 Å². The molecule has 0 N–H and O–H groups in total. The summed E-state index contributed by atoms with van der Waals surface area (Å²) in [6.07, 6.45) is -1.25. The molecule has 0 saturated carbocycles. The fourth-order valence-corrected chi connectivity index (χ4v) is 1.86. The van der Waals surface area contributed by atoms with Crippen molar-refractivity contribution in [1.82, 2.24) is 4.90 Å². The number of nitrogens with zero attached hydrogens (tertiary/aromatic N) is 1. The number of hydrogen-bond acceptors (Lipinski definition) is 5. The normalized spacial score (nSPS) is 10.4. The smallest absolute Gasteiger partial charge is 0.872 e. The first-order valence-electron chi connectivity index (χ1n) is 9.84. The maximum Gasteiger partial charge on any atom is 4.00 e.